The molecule has 268 valence electrons. The van der Waals surface area contributed by atoms with Crippen LogP contribution in [0.4, 0.5) is 9.59 Å². The lowest BCUT2D eigenvalue weighted by Crippen LogP contribution is -2.55. The number of likely N-dealkylation sites (N-methyl/N-ethyl adjacent to an activating group) is 2. The minimum atomic E-state index is -0.958. The Hall–Kier alpha value is -4.60. The maximum Gasteiger partial charge on any atom is 0.415 e. The number of alkyl carbamates (subject to hydrolysis) is 1. The number of nitrogens with zero attached hydrogens (tertiary/aromatic N) is 3. The van der Waals surface area contributed by atoms with Crippen molar-refractivity contribution in [1.82, 2.24) is 25.8 Å². The number of nitrogens with two attached hydrogens (primary N) is 2. The molecule has 0 aromatic heterocycles. The number of aliphatic imine (C=N–C) groups is 1. The number of amides is 4. The van der Waals surface area contributed by atoms with Crippen molar-refractivity contribution >= 4 is 35.7 Å². The molecular formula is C33H48N8O8. The summed E-state index contributed by atoms with van der Waals surface area (Å²) < 4.78 is 17.3. The third-order valence-electron chi connectivity index (χ3n) is 9.65. The van der Waals surface area contributed by atoms with E-state index in [0.29, 0.717) is 30.6 Å². The molecule has 1 aromatic carbocycles. The average molecular weight is 685 g/mol. The van der Waals surface area contributed by atoms with Crippen LogP contribution >= 0.6 is 0 Å². The number of ether oxygens (including phenoxy) is 3. The number of hydrogen-bond acceptors (Lipinski definition) is 10. The van der Waals surface area contributed by atoms with E-state index in [4.69, 9.17) is 25.7 Å². The summed E-state index contributed by atoms with van der Waals surface area (Å²) in [5.41, 5.74) is 11.7. The van der Waals surface area contributed by atoms with Gasteiger partial charge in [-0.3, -0.25) is 19.4 Å². The number of benzene rings is 1. The Morgan fingerprint density at radius 3 is 2.67 bits per heavy atom. The second-order valence-electron chi connectivity index (χ2n) is 14.3. The molecule has 2 unspecified atom stereocenters. The van der Waals surface area contributed by atoms with Crippen molar-refractivity contribution in [2.24, 2.45) is 22.4 Å². The number of Topliss-reactive ketones (excluding diaryl/α,β-unsaturated/α-hetero) is 1. The molecule has 5 atom stereocenters. The van der Waals surface area contributed by atoms with Gasteiger partial charge in [-0.15, -0.1) is 0 Å². The summed E-state index contributed by atoms with van der Waals surface area (Å²) in [6.45, 7) is 5.82. The van der Waals surface area contributed by atoms with Crippen LogP contribution in [0.5, 0.6) is 11.5 Å². The standard InChI is InChI=1S/C33H48N8O8/c1-32(2,3)49-30(45)38-16-24(43)39-20(7-6-12-37-29(34)35)28(44)36-13-14-40(4)31(46)47-23-11-8-18-15-21-19-9-10-22(42)27-33(19,17-41(21)5)25(18)26(23)48-27/h8,11,19-21,27H,6-7,9-10,12-17H2,1-5H3,(H,36,44)(H,38,45)(H,39,43)(H4,34,35,37)/t19?,20-,21+,27?,33-/m0/s1. The van der Waals surface area contributed by atoms with E-state index in [0.717, 1.165) is 30.5 Å². The zero-order chi connectivity index (χ0) is 35.7. The van der Waals surface area contributed by atoms with Crippen molar-refractivity contribution in [3.05, 3.63) is 23.3 Å². The van der Waals surface area contributed by atoms with Crippen molar-refractivity contribution in [2.45, 2.75) is 82.1 Å². The first-order chi connectivity index (χ1) is 23.1. The molecule has 16 nitrogen and oxygen atoms in total. The largest absolute Gasteiger partial charge is 0.477 e. The molecule has 49 heavy (non-hydrogen) atoms. The number of rotatable bonds is 12. The van der Waals surface area contributed by atoms with E-state index in [2.05, 4.69) is 32.9 Å². The number of likely N-dealkylation sites (tertiary alicyclic amines) is 1. The first kappa shape index (κ1) is 35.7. The molecule has 2 bridgehead atoms. The molecule has 4 amide bonds. The zero-order valence-corrected chi connectivity index (χ0v) is 28.8. The van der Waals surface area contributed by atoms with Gasteiger partial charge in [0.2, 0.25) is 11.8 Å². The summed E-state index contributed by atoms with van der Waals surface area (Å²) in [7, 11) is 3.64. The molecule has 4 aliphatic rings. The maximum atomic E-state index is 13.2. The van der Waals surface area contributed by atoms with Crippen LogP contribution in [0.3, 0.4) is 0 Å². The summed E-state index contributed by atoms with van der Waals surface area (Å²) >= 11 is 0. The van der Waals surface area contributed by atoms with Crippen LogP contribution in [0.15, 0.2) is 17.1 Å². The van der Waals surface area contributed by atoms with Gasteiger partial charge in [-0.2, -0.15) is 0 Å². The number of guanidine groups is 1. The topological polar surface area (TPSA) is 220 Å². The van der Waals surface area contributed by atoms with Crippen LogP contribution in [-0.4, -0.2) is 116 Å². The van der Waals surface area contributed by atoms with E-state index in [1.807, 2.05) is 6.07 Å². The van der Waals surface area contributed by atoms with E-state index in [1.54, 1.807) is 33.9 Å². The van der Waals surface area contributed by atoms with Crippen LogP contribution in [-0.2, 0) is 31.0 Å². The normalized spacial score (nSPS) is 23.8. The van der Waals surface area contributed by atoms with Gasteiger partial charge in [0.15, 0.2) is 29.3 Å². The highest BCUT2D eigenvalue weighted by Gasteiger charge is 2.68. The number of carbonyl (C=O) groups excluding carboxylic acids is 5. The highest BCUT2D eigenvalue weighted by molar-refractivity contribution is 5.90. The molecular weight excluding hydrogens is 636 g/mol. The summed E-state index contributed by atoms with van der Waals surface area (Å²) in [6, 6.07) is 3.10. The molecule has 1 saturated carbocycles. The van der Waals surface area contributed by atoms with Crippen LogP contribution < -0.4 is 36.9 Å². The van der Waals surface area contributed by atoms with Gasteiger partial charge in [-0.1, -0.05) is 6.07 Å². The number of nitrogens with one attached hydrogen (secondary N) is 3. The van der Waals surface area contributed by atoms with E-state index in [9.17, 15) is 24.0 Å². The smallest absolute Gasteiger partial charge is 0.415 e. The van der Waals surface area contributed by atoms with Gasteiger partial charge in [0, 0.05) is 51.3 Å². The average Bonchev–Trinajstić information content (AvgIpc) is 3.47. The highest BCUT2D eigenvalue weighted by Crippen LogP contribution is 2.63. The van der Waals surface area contributed by atoms with Crippen LogP contribution in [0.1, 0.15) is 57.6 Å². The van der Waals surface area contributed by atoms with Crippen LogP contribution in [0, 0.1) is 5.92 Å². The summed E-state index contributed by atoms with van der Waals surface area (Å²) in [5.74, 6) is -0.0289. The van der Waals surface area contributed by atoms with E-state index in [1.165, 1.54) is 4.90 Å². The van der Waals surface area contributed by atoms with E-state index in [-0.39, 0.29) is 43.5 Å². The Labute approximate surface area is 285 Å². The molecule has 2 aliphatic carbocycles. The molecule has 2 aliphatic heterocycles. The maximum absolute atomic E-state index is 13.2. The highest BCUT2D eigenvalue weighted by atomic mass is 16.6. The predicted octanol–water partition coefficient (Wildman–Crippen LogP) is 0.145. The molecule has 1 spiro atoms. The van der Waals surface area contributed by atoms with Gasteiger partial charge in [0.25, 0.3) is 0 Å². The minimum Gasteiger partial charge on any atom is -0.477 e. The summed E-state index contributed by atoms with van der Waals surface area (Å²) in [4.78, 5) is 71.4. The van der Waals surface area contributed by atoms with Gasteiger partial charge >= 0.3 is 12.2 Å². The first-order valence-corrected chi connectivity index (χ1v) is 16.7. The van der Waals surface area contributed by atoms with Crippen molar-refractivity contribution < 1.29 is 38.2 Å². The van der Waals surface area contributed by atoms with Crippen molar-refractivity contribution in [1.29, 1.82) is 0 Å². The Kier molecular flexibility index (Phi) is 10.3. The quantitative estimate of drug-likeness (QED) is 0.113. The van der Waals surface area contributed by atoms with Crippen LogP contribution in [0.2, 0.25) is 0 Å². The van der Waals surface area contributed by atoms with Crippen LogP contribution in [0.25, 0.3) is 0 Å². The monoisotopic (exact) mass is 684 g/mol. The Bertz CT molecular complexity index is 1520. The van der Waals surface area contributed by atoms with Crippen molar-refractivity contribution in [2.75, 3.05) is 46.8 Å². The fourth-order valence-corrected chi connectivity index (χ4v) is 7.65. The number of hydrogen-bond donors (Lipinski definition) is 5. The minimum absolute atomic E-state index is 0.0590. The van der Waals surface area contributed by atoms with Gasteiger partial charge in [0.1, 0.15) is 18.2 Å². The van der Waals surface area contributed by atoms with Crippen molar-refractivity contribution in [3.63, 3.8) is 0 Å². The second kappa shape index (κ2) is 14.1. The van der Waals surface area contributed by atoms with Crippen molar-refractivity contribution in [3.8, 4) is 11.5 Å². The zero-order valence-electron chi connectivity index (χ0n) is 28.8. The lowest BCUT2D eigenvalue weighted by molar-refractivity contribution is -0.132. The Morgan fingerprint density at radius 2 is 1.96 bits per heavy atom. The lowest BCUT2D eigenvalue weighted by atomic mass is 9.57. The Morgan fingerprint density at radius 1 is 1.20 bits per heavy atom. The molecule has 0 radical (unpaired) electrons. The predicted molar refractivity (Wildman–Crippen MR) is 178 cm³/mol. The molecule has 16 heteroatoms. The SMILES string of the molecule is CN(CCNC(=O)[C@H](CCCN=C(N)N)NC(=O)CNC(=O)OC(C)(C)C)C(=O)Oc1ccc2c3c1OC1C(=O)CCC4[C@@H](C2)N(C)C[C@]314. The fraction of sp³-hybridized carbons (Fsp3) is 0.636. The Balaban J connectivity index is 1.16. The fourth-order valence-electron chi connectivity index (χ4n) is 7.65. The molecule has 1 saturated heterocycles. The number of ketones is 1. The van der Waals surface area contributed by atoms with Gasteiger partial charge in [-0.05, 0) is 71.0 Å². The molecule has 5 rings (SSSR count). The summed E-state index contributed by atoms with van der Waals surface area (Å²) in [5, 5.41) is 7.71. The molecule has 2 fully saturated rings. The van der Waals surface area contributed by atoms with E-state index >= 15 is 0 Å². The summed E-state index contributed by atoms with van der Waals surface area (Å²) in [6.07, 6.45) is 0.767. The lowest BCUT2D eigenvalue weighted by Gasteiger charge is -2.43. The molecule has 7 N–H and O–H groups in total. The number of carbonyl (C=O) groups is 5. The van der Waals surface area contributed by atoms with E-state index < -0.39 is 53.7 Å². The third-order valence-corrected chi connectivity index (χ3v) is 9.65. The van der Waals surface area contributed by atoms with Gasteiger partial charge < -0.3 is 51.4 Å². The van der Waals surface area contributed by atoms with Gasteiger partial charge in [0.05, 0.1) is 5.41 Å². The third kappa shape index (κ3) is 7.53. The molecule has 1 aromatic rings. The second-order valence-corrected chi connectivity index (χ2v) is 14.3. The first-order valence-electron chi connectivity index (χ1n) is 16.7. The molecule has 2 heterocycles. The van der Waals surface area contributed by atoms with Gasteiger partial charge in [-0.25, -0.2) is 9.59 Å².